The molecule has 102 valence electrons. The summed E-state index contributed by atoms with van der Waals surface area (Å²) in [6.07, 6.45) is 6.15. The van der Waals surface area contributed by atoms with Crippen LogP contribution in [-0.2, 0) is 17.8 Å². The van der Waals surface area contributed by atoms with Crippen molar-refractivity contribution in [2.75, 3.05) is 0 Å². The second-order valence-electron chi connectivity index (χ2n) is 4.66. The van der Waals surface area contributed by atoms with Gasteiger partial charge in [0.15, 0.2) is 5.82 Å². The first kappa shape index (κ1) is 14.6. The van der Waals surface area contributed by atoms with E-state index in [-0.39, 0.29) is 5.92 Å². The molecule has 0 bridgehead atoms. The van der Waals surface area contributed by atoms with Crippen LogP contribution in [-0.4, -0.2) is 31.3 Å². The third-order valence-electron chi connectivity index (χ3n) is 3.06. The third-order valence-corrected chi connectivity index (χ3v) is 3.06. The maximum Gasteiger partial charge on any atom is 0.306 e. The number of carbonyl (C=O) groups is 1. The second-order valence-corrected chi connectivity index (χ2v) is 4.66. The molecule has 0 aliphatic heterocycles. The van der Waals surface area contributed by atoms with Crippen LogP contribution in [0.4, 0.5) is 0 Å². The molecular weight excluding hydrogens is 232 g/mol. The van der Waals surface area contributed by atoms with E-state index in [1.807, 2.05) is 0 Å². The molecule has 0 spiro atoms. The van der Waals surface area contributed by atoms with Gasteiger partial charge in [0.2, 0.25) is 0 Å². The van der Waals surface area contributed by atoms with Crippen LogP contribution in [0.2, 0.25) is 0 Å². The summed E-state index contributed by atoms with van der Waals surface area (Å²) in [5, 5.41) is 20.4. The number of nitrogens with zero attached hydrogens (tertiary/aromatic N) is 4. The standard InChI is InChI=1S/C12H22N4O2/c1-3-4-5-6-7-11-13-14-15-16(11)9-8-10(2)12(17)18/h10H,3-9H2,1-2H3,(H,17,18). The summed E-state index contributed by atoms with van der Waals surface area (Å²) in [5.41, 5.74) is 0. The number of aliphatic carboxylic acids is 1. The van der Waals surface area contributed by atoms with Crippen molar-refractivity contribution < 1.29 is 9.90 Å². The van der Waals surface area contributed by atoms with E-state index in [0.717, 1.165) is 18.7 Å². The van der Waals surface area contributed by atoms with Crippen LogP contribution >= 0.6 is 0 Å². The van der Waals surface area contributed by atoms with Gasteiger partial charge in [0.25, 0.3) is 0 Å². The van der Waals surface area contributed by atoms with Crippen molar-refractivity contribution in [3.05, 3.63) is 5.82 Å². The van der Waals surface area contributed by atoms with E-state index in [1.165, 1.54) is 19.3 Å². The first-order chi connectivity index (χ1) is 8.65. The zero-order valence-corrected chi connectivity index (χ0v) is 11.2. The summed E-state index contributed by atoms with van der Waals surface area (Å²) in [7, 11) is 0. The molecular formula is C12H22N4O2. The quantitative estimate of drug-likeness (QED) is 0.681. The van der Waals surface area contributed by atoms with Gasteiger partial charge in [-0.15, -0.1) is 5.10 Å². The van der Waals surface area contributed by atoms with Gasteiger partial charge in [0.05, 0.1) is 5.92 Å². The number of aryl methyl sites for hydroxylation is 2. The van der Waals surface area contributed by atoms with Gasteiger partial charge in [0.1, 0.15) is 0 Å². The van der Waals surface area contributed by atoms with Crippen LogP contribution in [0.3, 0.4) is 0 Å². The van der Waals surface area contributed by atoms with Gasteiger partial charge in [0, 0.05) is 13.0 Å². The minimum absolute atomic E-state index is 0.359. The average molecular weight is 254 g/mol. The molecule has 1 heterocycles. The second kappa shape index (κ2) is 7.79. The highest BCUT2D eigenvalue weighted by molar-refractivity contribution is 5.69. The van der Waals surface area contributed by atoms with Crippen LogP contribution < -0.4 is 0 Å². The Kier molecular flexibility index (Phi) is 6.32. The van der Waals surface area contributed by atoms with Gasteiger partial charge in [-0.1, -0.05) is 33.1 Å². The first-order valence-corrected chi connectivity index (χ1v) is 6.63. The molecule has 1 atom stereocenters. The number of tetrazole rings is 1. The molecule has 0 saturated carbocycles. The lowest BCUT2D eigenvalue weighted by Gasteiger charge is -2.07. The zero-order valence-electron chi connectivity index (χ0n) is 11.2. The molecule has 1 unspecified atom stereocenters. The highest BCUT2D eigenvalue weighted by atomic mass is 16.4. The molecule has 0 aliphatic rings. The number of carboxylic acids is 1. The predicted molar refractivity (Wildman–Crippen MR) is 67.1 cm³/mol. The fraction of sp³-hybridized carbons (Fsp3) is 0.833. The summed E-state index contributed by atoms with van der Waals surface area (Å²) >= 11 is 0. The smallest absolute Gasteiger partial charge is 0.306 e. The van der Waals surface area contributed by atoms with Gasteiger partial charge in [-0.25, -0.2) is 4.68 Å². The zero-order chi connectivity index (χ0) is 13.4. The fourth-order valence-electron chi connectivity index (χ4n) is 1.73. The van der Waals surface area contributed by atoms with E-state index in [0.29, 0.717) is 13.0 Å². The normalized spacial score (nSPS) is 12.6. The molecule has 0 aromatic carbocycles. The van der Waals surface area contributed by atoms with Crippen molar-refractivity contribution in [1.29, 1.82) is 0 Å². The van der Waals surface area contributed by atoms with E-state index in [9.17, 15) is 4.79 Å². The van der Waals surface area contributed by atoms with Crippen LogP contribution in [0.25, 0.3) is 0 Å². The van der Waals surface area contributed by atoms with Crippen LogP contribution in [0.5, 0.6) is 0 Å². The lowest BCUT2D eigenvalue weighted by molar-refractivity contribution is -0.141. The SMILES string of the molecule is CCCCCCc1nnnn1CCC(C)C(=O)O. The van der Waals surface area contributed by atoms with Crippen molar-refractivity contribution in [1.82, 2.24) is 20.2 Å². The van der Waals surface area contributed by atoms with E-state index in [4.69, 9.17) is 5.11 Å². The number of rotatable bonds is 9. The highest BCUT2D eigenvalue weighted by Gasteiger charge is 2.12. The molecule has 0 radical (unpaired) electrons. The number of hydrogen-bond acceptors (Lipinski definition) is 4. The predicted octanol–water partition coefficient (Wildman–Crippen LogP) is 1.91. The van der Waals surface area contributed by atoms with Gasteiger partial charge >= 0.3 is 5.97 Å². The van der Waals surface area contributed by atoms with Crippen molar-refractivity contribution >= 4 is 5.97 Å². The molecule has 0 amide bonds. The molecule has 0 saturated heterocycles. The van der Waals surface area contributed by atoms with Crippen molar-refractivity contribution in [3.63, 3.8) is 0 Å². The van der Waals surface area contributed by atoms with Crippen LogP contribution in [0.15, 0.2) is 0 Å². The Hall–Kier alpha value is -1.46. The van der Waals surface area contributed by atoms with E-state index in [1.54, 1.807) is 11.6 Å². The van der Waals surface area contributed by atoms with E-state index in [2.05, 4.69) is 22.4 Å². The Bertz CT molecular complexity index is 365. The minimum atomic E-state index is -0.771. The summed E-state index contributed by atoms with van der Waals surface area (Å²) in [4.78, 5) is 10.7. The summed E-state index contributed by atoms with van der Waals surface area (Å²) in [6, 6.07) is 0. The van der Waals surface area contributed by atoms with Gasteiger partial charge < -0.3 is 5.11 Å². The van der Waals surface area contributed by atoms with Crippen LogP contribution in [0.1, 0.15) is 51.8 Å². The largest absolute Gasteiger partial charge is 0.481 e. The topological polar surface area (TPSA) is 80.9 Å². The Morgan fingerprint density at radius 3 is 2.83 bits per heavy atom. The lowest BCUT2D eigenvalue weighted by Crippen LogP contribution is -2.14. The molecule has 1 rings (SSSR count). The molecule has 1 aromatic rings. The molecule has 1 aromatic heterocycles. The molecule has 0 aliphatic carbocycles. The van der Waals surface area contributed by atoms with Crippen molar-refractivity contribution in [2.45, 2.75) is 58.9 Å². The molecule has 6 nitrogen and oxygen atoms in total. The monoisotopic (exact) mass is 254 g/mol. The Balaban J connectivity index is 2.37. The maximum absolute atomic E-state index is 10.7. The van der Waals surface area contributed by atoms with Crippen molar-refractivity contribution in [3.8, 4) is 0 Å². The molecule has 18 heavy (non-hydrogen) atoms. The van der Waals surface area contributed by atoms with Crippen molar-refractivity contribution in [2.24, 2.45) is 5.92 Å². The number of carboxylic acid groups (broad SMARTS) is 1. The highest BCUT2D eigenvalue weighted by Crippen LogP contribution is 2.08. The number of aromatic nitrogens is 4. The molecule has 0 fully saturated rings. The maximum atomic E-state index is 10.7. The summed E-state index contributed by atoms with van der Waals surface area (Å²) < 4.78 is 1.73. The first-order valence-electron chi connectivity index (χ1n) is 6.63. The van der Waals surface area contributed by atoms with Gasteiger partial charge in [-0.05, 0) is 23.3 Å². The fourth-order valence-corrected chi connectivity index (χ4v) is 1.73. The van der Waals surface area contributed by atoms with E-state index >= 15 is 0 Å². The minimum Gasteiger partial charge on any atom is -0.481 e. The summed E-state index contributed by atoms with van der Waals surface area (Å²) in [6.45, 7) is 4.45. The molecule has 1 N–H and O–H groups in total. The van der Waals surface area contributed by atoms with Gasteiger partial charge in [-0.3, -0.25) is 4.79 Å². The average Bonchev–Trinajstić information content (AvgIpc) is 2.79. The Morgan fingerprint density at radius 2 is 2.17 bits per heavy atom. The molecule has 6 heteroatoms. The third kappa shape index (κ3) is 4.81. The lowest BCUT2D eigenvalue weighted by atomic mass is 10.1. The number of hydrogen-bond donors (Lipinski definition) is 1. The Morgan fingerprint density at radius 1 is 1.39 bits per heavy atom. The Labute approximate surface area is 107 Å². The van der Waals surface area contributed by atoms with Crippen LogP contribution in [0, 0.1) is 5.92 Å². The number of unbranched alkanes of at least 4 members (excludes halogenated alkanes) is 3. The summed E-state index contributed by atoms with van der Waals surface area (Å²) in [5.74, 6) is -0.265. The van der Waals surface area contributed by atoms with E-state index < -0.39 is 5.97 Å². The van der Waals surface area contributed by atoms with Gasteiger partial charge in [-0.2, -0.15) is 0 Å².